The van der Waals surface area contributed by atoms with Gasteiger partial charge in [-0.2, -0.15) is 0 Å². The van der Waals surface area contributed by atoms with Crippen molar-refractivity contribution in [3.63, 3.8) is 0 Å². The van der Waals surface area contributed by atoms with Crippen molar-refractivity contribution >= 4 is 28.8 Å². The number of likely N-dealkylation sites (N-methyl/N-ethyl adjacent to an activating group) is 1. The topological polar surface area (TPSA) is 62.5 Å². The van der Waals surface area contributed by atoms with Crippen LogP contribution in [0.4, 0.5) is 5.69 Å². The molecular formula is C13H18N4OS. The summed E-state index contributed by atoms with van der Waals surface area (Å²) in [6, 6.07) is 1.94. The molecule has 2 rings (SSSR count). The lowest BCUT2D eigenvalue weighted by atomic mass is 10.1. The van der Waals surface area contributed by atoms with E-state index in [-0.39, 0.29) is 5.91 Å². The van der Waals surface area contributed by atoms with E-state index in [2.05, 4.69) is 4.98 Å². The molecule has 0 unspecified atom stereocenters. The minimum absolute atomic E-state index is 0.104. The molecule has 0 atom stereocenters. The Morgan fingerprint density at radius 2 is 2.11 bits per heavy atom. The first-order valence-corrected chi connectivity index (χ1v) is 6.58. The van der Waals surface area contributed by atoms with Crippen LogP contribution in [-0.2, 0) is 4.79 Å². The molecule has 1 amide bonds. The predicted molar refractivity (Wildman–Crippen MR) is 79.4 cm³/mol. The molecule has 1 aromatic heterocycles. The summed E-state index contributed by atoms with van der Waals surface area (Å²) >= 11 is 5.12. The van der Waals surface area contributed by atoms with E-state index in [9.17, 15) is 4.79 Å². The van der Waals surface area contributed by atoms with E-state index < -0.39 is 0 Å². The van der Waals surface area contributed by atoms with Crippen LogP contribution in [0.5, 0.6) is 0 Å². The molecule has 1 saturated heterocycles. The van der Waals surface area contributed by atoms with E-state index in [1.165, 1.54) is 0 Å². The molecule has 1 aliphatic heterocycles. The van der Waals surface area contributed by atoms with Crippen molar-refractivity contribution in [2.24, 2.45) is 5.73 Å². The Hall–Kier alpha value is -1.69. The Morgan fingerprint density at radius 3 is 2.68 bits per heavy atom. The van der Waals surface area contributed by atoms with Crippen molar-refractivity contribution in [1.29, 1.82) is 0 Å². The lowest BCUT2D eigenvalue weighted by Crippen LogP contribution is -2.49. The molecule has 0 spiro atoms. The lowest BCUT2D eigenvalue weighted by Gasteiger charge is -2.34. The third kappa shape index (κ3) is 2.68. The van der Waals surface area contributed by atoms with Crippen LogP contribution >= 0.6 is 12.2 Å². The summed E-state index contributed by atoms with van der Waals surface area (Å²) < 4.78 is 0. The van der Waals surface area contributed by atoms with Gasteiger partial charge in [-0.15, -0.1) is 0 Å². The van der Waals surface area contributed by atoms with Gasteiger partial charge in [0.2, 0.25) is 5.91 Å². The van der Waals surface area contributed by atoms with Gasteiger partial charge in [0.1, 0.15) is 4.99 Å². The number of piperazine rings is 1. The second-order valence-corrected chi connectivity index (χ2v) is 5.28. The fourth-order valence-corrected chi connectivity index (χ4v) is 2.58. The number of hydrogen-bond donors (Lipinski definition) is 1. The maximum absolute atomic E-state index is 11.8. The highest BCUT2D eigenvalue weighted by Crippen LogP contribution is 2.25. The van der Waals surface area contributed by atoms with Crippen molar-refractivity contribution in [3.8, 4) is 0 Å². The average Bonchev–Trinajstić information content (AvgIpc) is 2.31. The maximum Gasteiger partial charge on any atom is 0.241 e. The first kappa shape index (κ1) is 13.7. The fourth-order valence-electron chi connectivity index (χ4n) is 2.33. The van der Waals surface area contributed by atoms with Crippen LogP contribution in [0.15, 0.2) is 6.07 Å². The van der Waals surface area contributed by atoms with Crippen LogP contribution in [0, 0.1) is 13.8 Å². The number of anilines is 1. The number of aromatic nitrogens is 1. The van der Waals surface area contributed by atoms with E-state index in [1.54, 1.807) is 4.90 Å². The molecule has 1 aromatic rings. The Kier molecular flexibility index (Phi) is 3.71. The van der Waals surface area contributed by atoms with Gasteiger partial charge in [0.25, 0.3) is 0 Å². The van der Waals surface area contributed by atoms with Gasteiger partial charge in [0, 0.05) is 31.5 Å². The number of carbonyl (C=O) groups excluding carboxylic acids is 1. The monoisotopic (exact) mass is 278 g/mol. The summed E-state index contributed by atoms with van der Waals surface area (Å²) in [4.78, 5) is 20.3. The number of nitrogens with two attached hydrogens (primary N) is 1. The van der Waals surface area contributed by atoms with Crippen LogP contribution in [0.3, 0.4) is 0 Å². The normalized spacial score (nSPS) is 15.8. The van der Waals surface area contributed by atoms with E-state index in [0.29, 0.717) is 18.1 Å². The molecule has 19 heavy (non-hydrogen) atoms. The number of nitrogens with zero attached hydrogens (tertiary/aromatic N) is 3. The lowest BCUT2D eigenvalue weighted by molar-refractivity contribution is -0.129. The first-order chi connectivity index (χ1) is 8.90. The van der Waals surface area contributed by atoms with Crippen LogP contribution in [0.1, 0.15) is 17.0 Å². The summed E-state index contributed by atoms with van der Waals surface area (Å²) in [6.45, 7) is 5.66. The van der Waals surface area contributed by atoms with Crippen molar-refractivity contribution in [2.75, 3.05) is 31.6 Å². The molecule has 0 radical (unpaired) electrons. The van der Waals surface area contributed by atoms with Gasteiger partial charge in [0.15, 0.2) is 0 Å². The molecular weight excluding hydrogens is 260 g/mol. The number of aryl methyl sites for hydroxylation is 2. The molecule has 0 bridgehead atoms. The Balaban J connectivity index is 2.44. The highest BCUT2D eigenvalue weighted by molar-refractivity contribution is 7.80. The molecule has 0 aliphatic carbocycles. The van der Waals surface area contributed by atoms with E-state index in [1.807, 2.05) is 31.9 Å². The van der Waals surface area contributed by atoms with Gasteiger partial charge in [-0.3, -0.25) is 9.78 Å². The Morgan fingerprint density at radius 1 is 1.42 bits per heavy atom. The molecule has 0 aromatic carbocycles. The van der Waals surface area contributed by atoms with Crippen LogP contribution in [0.25, 0.3) is 0 Å². The maximum atomic E-state index is 11.8. The number of amides is 1. The highest BCUT2D eigenvalue weighted by Gasteiger charge is 2.24. The highest BCUT2D eigenvalue weighted by atomic mass is 32.1. The molecule has 2 N–H and O–H groups in total. The third-order valence-corrected chi connectivity index (χ3v) is 3.56. The average molecular weight is 278 g/mol. The standard InChI is InChI=1S/C13H18N4OS/c1-8-6-10(12(13(14)19)9(2)15-8)17-5-4-16(3)11(18)7-17/h6H,4-5,7H2,1-3H3,(H2,14,19). The summed E-state index contributed by atoms with van der Waals surface area (Å²) in [7, 11) is 1.82. The zero-order chi connectivity index (χ0) is 14.2. The van der Waals surface area contributed by atoms with Gasteiger partial charge < -0.3 is 15.5 Å². The Bertz CT molecular complexity index is 544. The zero-order valence-electron chi connectivity index (χ0n) is 11.4. The van der Waals surface area contributed by atoms with Crippen molar-refractivity contribution < 1.29 is 4.79 Å². The fraction of sp³-hybridized carbons (Fsp3) is 0.462. The molecule has 5 nitrogen and oxygen atoms in total. The molecule has 0 saturated carbocycles. The van der Waals surface area contributed by atoms with Gasteiger partial charge in [0.05, 0.1) is 17.8 Å². The van der Waals surface area contributed by atoms with Gasteiger partial charge >= 0.3 is 0 Å². The number of carbonyl (C=O) groups is 1. The minimum atomic E-state index is 0.104. The smallest absolute Gasteiger partial charge is 0.241 e. The number of pyridine rings is 1. The summed E-state index contributed by atoms with van der Waals surface area (Å²) in [5, 5.41) is 0. The Labute approximate surface area is 118 Å². The SMILES string of the molecule is Cc1cc(N2CCN(C)C(=O)C2)c(C(N)=S)c(C)n1. The third-order valence-electron chi connectivity index (χ3n) is 3.35. The van der Waals surface area contributed by atoms with Crippen molar-refractivity contribution in [3.05, 3.63) is 23.0 Å². The van der Waals surface area contributed by atoms with Crippen LogP contribution in [-0.4, -0.2) is 47.5 Å². The largest absolute Gasteiger partial charge is 0.389 e. The number of hydrogen-bond acceptors (Lipinski definition) is 4. The zero-order valence-corrected chi connectivity index (χ0v) is 12.3. The van der Waals surface area contributed by atoms with E-state index >= 15 is 0 Å². The summed E-state index contributed by atoms with van der Waals surface area (Å²) in [5.74, 6) is 0.104. The molecule has 6 heteroatoms. The molecule has 2 heterocycles. The van der Waals surface area contributed by atoms with Crippen molar-refractivity contribution in [1.82, 2.24) is 9.88 Å². The quantitative estimate of drug-likeness (QED) is 0.803. The molecule has 1 aliphatic rings. The summed E-state index contributed by atoms with van der Waals surface area (Å²) in [5.41, 5.74) is 9.21. The second-order valence-electron chi connectivity index (χ2n) is 4.84. The van der Waals surface area contributed by atoms with Gasteiger partial charge in [-0.05, 0) is 19.9 Å². The first-order valence-electron chi connectivity index (χ1n) is 6.17. The van der Waals surface area contributed by atoms with E-state index in [4.69, 9.17) is 18.0 Å². The minimum Gasteiger partial charge on any atom is -0.389 e. The second kappa shape index (κ2) is 5.13. The van der Waals surface area contributed by atoms with Crippen molar-refractivity contribution in [2.45, 2.75) is 13.8 Å². The van der Waals surface area contributed by atoms with Crippen LogP contribution in [0.2, 0.25) is 0 Å². The van der Waals surface area contributed by atoms with Gasteiger partial charge in [-0.1, -0.05) is 12.2 Å². The number of thiocarbonyl (C=S) groups is 1. The predicted octanol–water partition coefficient (Wildman–Crippen LogP) is 0.611. The van der Waals surface area contributed by atoms with Crippen LogP contribution < -0.4 is 10.6 Å². The number of rotatable bonds is 2. The van der Waals surface area contributed by atoms with E-state index in [0.717, 1.165) is 29.2 Å². The van der Waals surface area contributed by atoms with Gasteiger partial charge in [-0.25, -0.2) is 0 Å². The molecule has 1 fully saturated rings. The summed E-state index contributed by atoms with van der Waals surface area (Å²) in [6.07, 6.45) is 0. The molecule has 102 valence electrons.